The van der Waals surface area contributed by atoms with Crippen molar-refractivity contribution in [2.75, 3.05) is 14.2 Å². The van der Waals surface area contributed by atoms with Gasteiger partial charge < -0.3 is 9.47 Å². The third kappa shape index (κ3) is 2.59. The molecule has 6 nitrogen and oxygen atoms in total. The van der Waals surface area contributed by atoms with Crippen LogP contribution >= 0.6 is 11.6 Å². The number of alkyl halides is 3. The predicted octanol–water partition coefficient (Wildman–Crippen LogP) is 2.57. The first-order chi connectivity index (χ1) is 10.2. The first kappa shape index (κ1) is 16.1. The fourth-order valence-corrected chi connectivity index (χ4v) is 2.03. The fourth-order valence-electron chi connectivity index (χ4n) is 1.86. The smallest absolute Gasteiger partial charge is 0.449 e. The van der Waals surface area contributed by atoms with Gasteiger partial charge in [-0.15, -0.1) is 0 Å². The number of hydrogen-bond donors (Lipinski definition) is 2. The van der Waals surface area contributed by atoms with Crippen molar-refractivity contribution in [1.29, 1.82) is 10.8 Å². The van der Waals surface area contributed by atoms with Crippen molar-refractivity contribution < 1.29 is 22.6 Å². The summed E-state index contributed by atoms with van der Waals surface area (Å²) in [6.07, 6.45) is -4.95. The molecule has 0 aliphatic rings. The highest BCUT2D eigenvalue weighted by Crippen LogP contribution is 2.32. The second-order valence-corrected chi connectivity index (χ2v) is 4.49. The average Bonchev–Trinajstić information content (AvgIpc) is 2.46. The molecule has 0 fully saturated rings. The molecule has 0 atom stereocenters. The molecular formula is C12H10ClF3N4O2. The molecule has 118 valence electrons. The maximum Gasteiger partial charge on any atom is 0.449 e. The summed E-state index contributed by atoms with van der Waals surface area (Å²) in [4.78, 5) is 3.84. The summed E-state index contributed by atoms with van der Waals surface area (Å²) in [5.74, 6) is -1.37. The molecule has 2 rings (SSSR count). The van der Waals surface area contributed by atoms with Crippen molar-refractivity contribution in [2.24, 2.45) is 0 Å². The lowest BCUT2D eigenvalue weighted by atomic mass is 10.2. The molecular weight excluding hydrogens is 325 g/mol. The van der Waals surface area contributed by atoms with Gasteiger partial charge in [-0.05, 0) is 0 Å². The minimum atomic E-state index is -4.95. The third-order valence-electron chi connectivity index (χ3n) is 2.85. The first-order valence-corrected chi connectivity index (χ1v) is 6.13. The molecule has 10 heteroatoms. The van der Waals surface area contributed by atoms with Crippen LogP contribution in [0, 0.1) is 10.8 Å². The summed E-state index contributed by atoms with van der Waals surface area (Å²) in [5.41, 5.74) is -0.856. The molecule has 0 bridgehead atoms. The lowest BCUT2D eigenvalue weighted by Crippen LogP contribution is -2.37. The summed E-state index contributed by atoms with van der Waals surface area (Å²) in [7, 11) is 2.67. The molecule has 1 heterocycles. The second kappa shape index (κ2) is 5.48. The number of fused-ring (bicyclic) bond motifs is 1. The van der Waals surface area contributed by atoms with Gasteiger partial charge in [0, 0.05) is 12.1 Å². The summed E-state index contributed by atoms with van der Waals surface area (Å²) < 4.78 is 49.0. The topological polar surface area (TPSA) is 84.0 Å². The Bertz CT molecular complexity index is 817. The van der Waals surface area contributed by atoms with E-state index in [1.54, 1.807) is 0 Å². The van der Waals surface area contributed by atoms with Gasteiger partial charge in [-0.3, -0.25) is 15.4 Å². The van der Waals surface area contributed by atoms with Gasteiger partial charge in [-0.1, -0.05) is 11.6 Å². The summed E-state index contributed by atoms with van der Waals surface area (Å²) in [6, 6.07) is 2.52. The van der Waals surface area contributed by atoms with Crippen molar-refractivity contribution in [2.45, 2.75) is 6.18 Å². The number of ether oxygens (including phenoxy) is 2. The van der Waals surface area contributed by atoms with E-state index in [9.17, 15) is 13.2 Å². The van der Waals surface area contributed by atoms with Crippen LogP contribution in [0.3, 0.4) is 0 Å². The summed E-state index contributed by atoms with van der Waals surface area (Å²) in [5, 5.41) is 14.5. The van der Waals surface area contributed by atoms with Gasteiger partial charge >= 0.3 is 6.18 Å². The van der Waals surface area contributed by atoms with E-state index in [0.717, 1.165) is 0 Å². The Hall–Kier alpha value is -2.29. The quantitative estimate of drug-likeness (QED) is 0.654. The molecule has 1 aromatic heterocycles. The van der Waals surface area contributed by atoms with Gasteiger partial charge in [0.05, 0.1) is 25.3 Å². The van der Waals surface area contributed by atoms with Crippen molar-refractivity contribution in [3.8, 4) is 11.5 Å². The molecule has 0 aliphatic heterocycles. The normalized spacial score (nSPS) is 11.5. The Morgan fingerprint density at radius 1 is 1.23 bits per heavy atom. The summed E-state index contributed by atoms with van der Waals surface area (Å²) in [6.45, 7) is 0. The van der Waals surface area contributed by atoms with Gasteiger partial charge in [0.15, 0.2) is 22.1 Å². The molecule has 0 aliphatic carbocycles. The number of aromatic nitrogens is 2. The monoisotopic (exact) mass is 334 g/mol. The van der Waals surface area contributed by atoms with E-state index in [1.807, 2.05) is 0 Å². The van der Waals surface area contributed by atoms with Crippen molar-refractivity contribution in [3.05, 3.63) is 22.8 Å². The van der Waals surface area contributed by atoms with Gasteiger partial charge in [-0.25, -0.2) is 4.98 Å². The van der Waals surface area contributed by atoms with Gasteiger partial charge in [0.25, 0.3) is 0 Å². The van der Waals surface area contributed by atoms with E-state index in [-0.39, 0.29) is 22.5 Å². The maximum atomic E-state index is 12.9. The Morgan fingerprint density at radius 2 is 1.77 bits per heavy atom. The zero-order valence-corrected chi connectivity index (χ0v) is 12.1. The van der Waals surface area contributed by atoms with Gasteiger partial charge in [-0.2, -0.15) is 13.2 Å². The van der Waals surface area contributed by atoms with Crippen molar-refractivity contribution in [1.82, 2.24) is 9.55 Å². The lowest BCUT2D eigenvalue weighted by Gasteiger charge is -2.16. The Kier molecular flexibility index (Phi) is 4.01. The molecule has 22 heavy (non-hydrogen) atoms. The minimum Gasteiger partial charge on any atom is -0.493 e. The average molecular weight is 335 g/mol. The number of rotatable bonds is 2. The Balaban J connectivity index is 2.92. The van der Waals surface area contributed by atoms with Gasteiger partial charge in [0.2, 0.25) is 5.84 Å². The summed E-state index contributed by atoms with van der Waals surface area (Å²) >= 11 is 5.70. The molecule has 2 aromatic rings. The van der Waals surface area contributed by atoms with Crippen LogP contribution in [-0.4, -0.2) is 35.8 Å². The zero-order valence-electron chi connectivity index (χ0n) is 11.4. The fraction of sp³-hybridized carbons (Fsp3) is 0.250. The maximum absolute atomic E-state index is 12.9. The predicted molar refractivity (Wildman–Crippen MR) is 72.9 cm³/mol. The molecule has 0 unspecified atom stereocenters. The van der Waals surface area contributed by atoms with Crippen LogP contribution in [0.5, 0.6) is 11.5 Å². The SMILES string of the molecule is COc1cc2nc(Cl)c(=N)n(C(=N)C(F)(F)F)c2cc1OC. The van der Waals surface area contributed by atoms with Crippen LogP contribution in [-0.2, 0) is 0 Å². The molecule has 0 radical (unpaired) electrons. The van der Waals surface area contributed by atoms with E-state index in [2.05, 4.69) is 4.98 Å². The van der Waals surface area contributed by atoms with E-state index >= 15 is 0 Å². The number of halogens is 4. The van der Waals surface area contributed by atoms with Crippen LogP contribution in [0.15, 0.2) is 12.1 Å². The standard InChI is InChI=1S/C12H10ClF3N4O2/c1-21-7-3-5-6(4-8(7)22-2)20(10(17)9(13)19-5)11(18)12(14,15)16/h3-4,17-18H,1-2H3. The number of hydrogen-bond acceptors (Lipinski definition) is 5. The highest BCUT2D eigenvalue weighted by molar-refractivity contribution is 6.29. The van der Waals surface area contributed by atoms with E-state index < -0.39 is 22.7 Å². The van der Waals surface area contributed by atoms with Crippen LogP contribution < -0.4 is 15.0 Å². The highest BCUT2D eigenvalue weighted by Gasteiger charge is 2.37. The largest absolute Gasteiger partial charge is 0.493 e. The highest BCUT2D eigenvalue weighted by atomic mass is 35.5. The lowest BCUT2D eigenvalue weighted by molar-refractivity contribution is -0.0624. The van der Waals surface area contributed by atoms with Crippen LogP contribution in [0.25, 0.3) is 11.0 Å². The zero-order chi connectivity index (χ0) is 16.7. The number of nitrogens with zero attached hydrogens (tertiary/aromatic N) is 2. The molecule has 0 spiro atoms. The van der Waals surface area contributed by atoms with E-state index in [4.69, 9.17) is 31.9 Å². The number of methoxy groups -OCH3 is 2. The Labute approximate surface area is 127 Å². The first-order valence-electron chi connectivity index (χ1n) is 5.75. The Morgan fingerprint density at radius 3 is 2.27 bits per heavy atom. The minimum absolute atomic E-state index is 0.0349. The third-order valence-corrected chi connectivity index (χ3v) is 3.11. The molecule has 0 saturated heterocycles. The van der Waals surface area contributed by atoms with Crippen LogP contribution in [0.1, 0.15) is 0 Å². The molecule has 2 N–H and O–H groups in total. The van der Waals surface area contributed by atoms with Crippen molar-refractivity contribution >= 4 is 28.5 Å². The molecule has 0 saturated carbocycles. The van der Waals surface area contributed by atoms with Crippen LogP contribution in [0.4, 0.5) is 13.2 Å². The van der Waals surface area contributed by atoms with Gasteiger partial charge in [0.1, 0.15) is 0 Å². The van der Waals surface area contributed by atoms with E-state index in [0.29, 0.717) is 4.57 Å². The van der Waals surface area contributed by atoms with Crippen LogP contribution in [0.2, 0.25) is 5.15 Å². The number of nitrogens with one attached hydrogen (secondary N) is 2. The van der Waals surface area contributed by atoms with E-state index in [1.165, 1.54) is 26.4 Å². The molecule has 1 aromatic carbocycles. The van der Waals surface area contributed by atoms with Crippen molar-refractivity contribution in [3.63, 3.8) is 0 Å². The number of benzene rings is 1. The molecule has 0 amide bonds. The second-order valence-electron chi connectivity index (χ2n) is 4.13.